The van der Waals surface area contributed by atoms with Crippen molar-refractivity contribution in [2.24, 2.45) is 0 Å². The number of benzene rings is 3. The fraction of sp³-hybridized carbons (Fsp3) is 0.400. The number of aromatic nitrogens is 2. The van der Waals surface area contributed by atoms with Gasteiger partial charge in [-0.3, -0.25) is 4.90 Å². The third-order valence-electron chi connectivity index (χ3n) is 8.52. The molecular formula is C30H29ClF3N5O2. The Morgan fingerprint density at radius 1 is 1.10 bits per heavy atom. The van der Waals surface area contributed by atoms with E-state index in [-0.39, 0.29) is 59.5 Å². The number of nitrogens with one attached hydrogen (secondary N) is 1. The number of likely N-dealkylation sites (tertiary alicyclic amines) is 1. The van der Waals surface area contributed by atoms with E-state index in [1.54, 1.807) is 24.1 Å². The number of alkyl halides is 2. The topological polar surface area (TPSA) is 73.8 Å². The maximum absolute atomic E-state index is 16.6. The van der Waals surface area contributed by atoms with Crippen molar-refractivity contribution in [1.29, 1.82) is 0 Å². The lowest BCUT2D eigenvalue weighted by Gasteiger charge is -2.34. The first-order valence-corrected chi connectivity index (χ1v) is 14.2. The second-order valence-electron chi connectivity index (χ2n) is 11.5. The van der Waals surface area contributed by atoms with Crippen LogP contribution in [0.1, 0.15) is 19.3 Å². The van der Waals surface area contributed by atoms with Crippen LogP contribution in [0.2, 0.25) is 5.02 Å². The van der Waals surface area contributed by atoms with Gasteiger partial charge in [0.25, 0.3) is 5.92 Å². The number of hydrogen-bond donors (Lipinski definition) is 2. The zero-order valence-corrected chi connectivity index (χ0v) is 23.1. The Labute approximate surface area is 239 Å². The third kappa shape index (κ3) is 4.81. The number of phenolic OH excluding ortho intramolecular Hbond substituents is 1. The van der Waals surface area contributed by atoms with E-state index < -0.39 is 17.8 Å². The highest BCUT2D eigenvalue weighted by atomic mass is 35.5. The summed E-state index contributed by atoms with van der Waals surface area (Å²) in [4.78, 5) is 12.8. The fourth-order valence-electron chi connectivity index (χ4n) is 6.60. The van der Waals surface area contributed by atoms with Crippen molar-refractivity contribution in [1.82, 2.24) is 20.2 Å². The molecule has 41 heavy (non-hydrogen) atoms. The van der Waals surface area contributed by atoms with Crippen molar-refractivity contribution in [2.45, 2.75) is 43.3 Å². The van der Waals surface area contributed by atoms with Gasteiger partial charge < -0.3 is 20.1 Å². The first kappa shape index (κ1) is 26.6. The number of nitrogens with zero attached hydrogens (tertiary/aromatic N) is 4. The average Bonchev–Trinajstić information content (AvgIpc) is 3.41. The summed E-state index contributed by atoms with van der Waals surface area (Å²) in [7, 11) is 1.63. The molecule has 3 fully saturated rings. The van der Waals surface area contributed by atoms with Gasteiger partial charge in [-0.1, -0.05) is 35.9 Å². The molecule has 3 saturated heterocycles. The van der Waals surface area contributed by atoms with Crippen LogP contribution in [-0.2, 0) is 0 Å². The standard InChI is InChI=1S/C30H29ClF3N5O2/c1-38-15-30(33,34)11-19(38)14-41-29-36-27-23(28(37-29)39-12-17-6-7-18(13-39)35-17)10-24(31)25(26(27)32)22-9-20(40)8-16-4-2-3-5-21(16)22/h2-5,8-10,17-19,35,40H,6-7,11-15H2,1H3/t17?,18?,19-/m0/s1. The number of rotatable bonds is 5. The largest absolute Gasteiger partial charge is 0.508 e. The van der Waals surface area contributed by atoms with Crippen LogP contribution >= 0.6 is 11.6 Å². The summed E-state index contributed by atoms with van der Waals surface area (Å²) in [5.74, 6) is -2.98. The lowest BCUT2D eigenvalue weighted by atomic mass is 9.96. The third-order valence-corrected chi connectivity index (χ3v) is 8.82. The van der Waals surface area contributed by atoms with Gasteiger partial charge in [0.05, 0.1) is 11.6 Å². The Morgan fingerprint density at radius 2 is 1.85 bits per heavy atom. The van der Waals surface area contributed by atoms with Crippen LogP contribution in [-0.4, -0.2) is 77.3 Å². The normalized spacial score (nSPS) is 24.0. The van der Waals surface area contributed by atoms with E-state index in [2.05, 4.69) is 20.2 Å². The SMILES string of the molecule is CN1CC(F)(F)C[C@H]1COc1nc(N2CC3CCC(C2)N3)c2cc(Cl)c(-c3cc(O)cc4ccccc34)c(F)c2n1. The van der Waals surface area contributed by atoms with Crippen LogP contribution in [0.4, 0.5) is 19.0 Å². The van der Waals surface area contributed by atoms with E-state index in [4.69, 9.17) is 16.3 Å². The highest BCUT2D eigenvalue weighted by molar-refractivity contribution is 6.35. The van der Waals surface area contributed by atoms with Crippen molar-refractivity contribution < 1.29 is 23.0 Å². The summed E-state index contributed by atoms with van der Waals surface area (Å²) in [6.07, 6.45) is 1.75. The van der Waals surface area contributed by atoms with Crippen molar-refractivity contribution in [2.75, 3.05) is 38.2 Å². The first-order valence-electron chi connectivity index (χ1n) is 13.8. The number of hydrogen-bond acceptors (Lipinski definition) is 7. The Hall–Kier alpha value is -3.34. The van der Waals surface area contributed by atoms with Crippen LogP contribution in [0.25, 0.3) is 32.8 Å². The first-order chi connectivity index (χ1) is 19.6. The number of phenols is 1. The fourth-order valence-corrected chi connectivity index (χ4v) is 6.89. The highest BCUT2D eigenvalue weighted by Crippen LogP contribution is 2.43. The average molecular weight is 584 g/mol. The molecule has 1 aromatic heterocycles. The van der Waals surface area contributed by atoms with Gasteiger partial charge in [-0.15, -0.1) is 0 Å². The highest BCUT2D eigenvalue weighted by Gasteiger charge is 2.43. The monoisotopic (exact) mass is 583 g/mol. The molecule has 4 aromatic rings. The number of fused-ring (bicyclic) bond motifs is 4. The van der Waals surface area contributed by atoms with E-state index in [0.717, 1.165) is 23.6 Å². The summed E-state index contributed by atoms with van der Waals surface area (Å²) < 4.78 is 50.5. The Morgan fingerprint density at radius 3 is 2.59 bits per heavy atom. The second kappa shape index (κ2) is 9.89. The van der Waals surface area contributed by atoms with Crippen LogP contribution < -0.4 is 15.0 Å². The van der Waals surface area contributed by atoms with Gasteiger partial charge in [-0.05, 0) is 54.4 Å². The number of aromatic hydroxyl groups is 1. The Kier molecular flexibility index (Phi) is 6.40. The van der Waals surface area contributed by atoms with E-state index in [0.29, 0.717) is 29.9 Å². The molecule has 7 rings (SSSR count). The summed E-state index contributed by atoms with van der Waals surface area (Å²) in [5, 5.41) is 16.1. The van der Waals surface area contributed by atoms with Crippen LogP contribution in [0.5, 0.6) is 11.8 Å². The molecule has 214 valence electrons. The minimum absolute atomic E-state index is 0.0181. The van der Waals surface area contributed by atoms with E-state index in [9.17, 15) is 13.9 Å². The minimum atomic E-state index is -2.79. The molecule has 3 aliphatic rings. The zero-order valence-electron chi connectivity index (χ0n) is 22.4. The molecule has 3 atom stereocenters. The molecule has 4 heterocycles. The van der Waals surface area contributed by atoms with Crippen molar-refractivity contribution in [3.63, 3.8) is 0 Å². The molecule has 0 amide bonds. The predicted molar refractivity (Wildman–Crippen MR) is 153 cm³/mol. The molecule has 11 heteroatoms. The van der Waals surface area contributed by atoms with Gasteiger partial charge in [-0.2, -0.15) is 9.97 Å². The van der Waals surface area contributed by atoms with Crippen molar-refractivity contribution in [3.8, 4) is 22.9 Å². The molecular weight excluding hydrogens is 555 g/mol. The number of piperazine rings is 1. The minimum Gasteiger partial charge on any atom is -0.508 e. The molecule has 0 aliphatic carbocycles. The summed E-state index contributed by atoms with van der Waals surface area (Å²) in [6.45, 7) is 0.960. The summed E-state index contributed by atoms with van der Waals surface area (Å²) in [5.41, 5.74) is 0.563. The molecule has 0 saturated carbocycles. The quantitative estimate of drug-likeness (QED) is 0.316. The lowest BCUT2D eigenvalue weighted by Crippen LogP contribution is -2.51. The van der Waals surface area contributed by atoms with Gasteiger partial charge in [0.2, 0.25) is 0 Å². The Balaban J connectivity index is 1.36. The molecule has 2 N–H and O–H groups in total. The molecule has 3 aliphatic heterocycles. The van der Waals surface area contributed by atoms with Crippen LogP contribution in [0.3, 0.4) is 0 Å². The molecule has 3 aromatic carbocycles. The number of anilines is 1. The maximum atomic E-state index is 16.6. The van der Waals surface area contributed by atoms with Crippen LogP contribution in [0.15, 0.2) is 42.5 Å². The van der Waals surface area contributed by atoms with Crippen molar-refractivity contribution >= 4 is 39.1 Å². The van der Waals surface area contributed by atoms with Crippen molar-refractivity contribution in [3.05, 3.63) is 53.3 Å². The summed E-state index contributed by atoms with van der Waals surface area (Å²) in [6, 6.07) is 12.1. The Bertz CT molecular complexity index is 1660. The maximum Gasteiger partial charge on any atom is 0.319 e. The molecule has 0 radical (unpaired) electrons. The number of likely N-dealkylation sites (N-methyl/N-ethyl adjacent to an activating group) is 1. The van der Waals surface area contributed by atoms with Gasteiger partial charge in [0, 0.05) is 48.6 Å². The number of ether oxygens (including phenoxy) is 1. The van der Waals surface area contributed by atoms with Gasteiger partial charge in [0.15, 0.2) is 5.82 Å². The van der Waals surface area contributed by atoms with E-state index in [1.165, 1.54) is 6.07 Å². The second-order valence-corrected chi connectivity index (χ2v) is 11.9. The predicted octanol–water partition coefficient (Wildman–Crippen LogP) is 5.61. The van der Waals surface area contributed by atoms with Gasteiger partial charge >= 0.3 is 6.01 Å². The van der Waals surface area contributed by atoms with Gasteiger partial charge in [0.1, 0.15) is 23.7 Å². The summed E-state index contributed by atoms with van der Waals surface area (Å²) >= 11 is 6.79. The van der Waals surface area contributed by atoms with E-state index in [1.807, 2.05) is 24.3 Å². The zero-order chi connectivity index (χ0) is 28.5. The van der Waals surface area contributed by atoms with E-state index >= 15 is 4.39 Å². The molecule has 0 spiro atoms. The van der Waals surface area contributed by atoms with Crippen LogP contribution in [0, 0.1) is 5.82 Å². The van der Waals surface area contributed by atoms with Gasteiger partial charge in [-0.25, -0.2) is 13.2 Å². The molecule has 7 nitrogen and oxygen atoms in total. The molecule has 2 unspecified atom stereocenters. The molecule has 2 bridgehead atoms. The number of halogens is 4. The lowest BCUT2D eigenvalue weighted by molar-refractivity contribution is 0.0136. The smallest absolute Gasteiger partial charge is 0.319 e.